The van der Waals surface area contributed by atoms with Crippen molar-refractivity contribution in [1.82, 2.24) is 8.61 Å². The molecule has 5 rings (SSSR count). The fourth-order valence-corrected chi connectivity index (χ4v) is 8.65. The SMILES string of the molecule is O=Nc1c2cc(S(=O)(=O)N3CCCCCC3)ccc2c(NO)c2cc(S(=O)(=O)N3CCCCCC3)ccc12. The molecular formula is C26H32N4O6S2. The number of hydrogen-bond donors (Lipinski definition) is 2. The summed E-state index contributed by atoms with van der Waals surface area (Å²) in [6.07, 6.45) is 7.10. The molecule has 12 heteroatoms. The Balaban J connectivity index is 1.66. The van der Waals surface area contributed by atoms with Gasteiger partial charge in [-0.2, -0.15) is 8.61 Å². The summed E-state index contributed by atoms with van der Waals surface area (Å²) in [5.41, 5.74) is 2.31. The number of rotatable bonds is 6. The molecule has 2 aliphatic heterocycles. The molecule has 0 atom stereocenters. The molecule has 0 amide bonds. The molecule has 38 heavy (non-hydrogen) atoms. The van der Waals surface area contributed by atoms with Crippen LogP contribution in [0.15, 0.2) is 51.4 Å². The van der Waals surface area contributed by atoms with Crippen LogP contribution < -0.4 is 5.48 Å². The van der Waals surface area contributed by atoms with Crippen molar-refractivity contribution in [3.63, 3.8) is 0 Å². The lowest BCUT2D eigenvalue weighted by Gasteiger charge is -2.21. The third kappa shape index (κ3) is 4.79. The Labute approximate surface area is 222 Å². The highest BCUT2D eigenvalue weighted by Crippen LogP contribution is 2.43. The minimum absolute atomic E-state index is 0.0133. The number of nitrogens with one attached hydrogen (secondary N) is 1. The fraction of sp³-hybridized carbons (Fsp3) is 0.462. The fourth-order valence-electron chi connectivity index (χ4n) is 5.57. The first kappa shape index (κ1) is 26.9. The average Bonchev–Trinajstić information content (AvgIpc) is 3.38. The van der Waals surface area contributed by atoms with Gasteiger partial charge in [0.15, 0.2) is 0 Å². The van der Waals surface area contributed by atoms with Crippen LogP contribution in [-0.4, -0.2) is 56.8 Å². The molecule has 0 aliphatic carbocycles. The van der Waals surface area contributed by atoms with Crippen molar-refractivity contribution < 1.29 is 22.0 Å². The van der Waals surface area contributed by atoms with Gasteiger partial charge in [-0.25, -0.2) is 16.8 Å². The van der Waals surface area contributed by atoms with Crippen molar-refractivity contribution in [2.45, 2.75) is 61.2 Å². The maximum absolute atomic E-state index is 13.4. The van der Waals surface area contributed by atoms with E-state index >= 15 is 0 Å². The molecule has 0 saturated carbocycles. The number of sulfonamides is 2. The minimum Gasteiger partial charge on any atom is -0.291 e. The highest BCUT2D eigenvalue weighted by atomic mass is 32.2. The van der Waals surface area contributed by atoms with Gasteiger partial charge in [0.2, 0.25) is 20.0 Å². The normalized spacial score (nSPS) is 18.8. The molecule has 0 spiro atoms. The molecule has 3 aromatic carbocycles. The van der Waals surface area contributed by atoms with E-state index in [4.69, 9.17) is 0 Å². The van der Waals surface area contributed by atoms with E-state index in [1.54, 1.807) is 0 Å². The van der Waals surface area contributed by atoms with Crippen LogP contribution in [0.1, 0.15) is 51.4 Å². The molecule has 0 radical (unpaired) electrons. The van der Waals surface area contributed by atoms with E-state index in [9.17, 15) is 26.9 Å². The second kappa shape index (κ2) is 10.9. The van der Waals surface area contributed by atoms with Gasteiger partial charge in [-0.15, -0.1) is 4.91 Å². The van der Waals surface area contributed by atoms with Gasteiger partial charge in [-0.05, 0) is 55.1 Å². The van der Waals surface area contributed by atoms with Gasteiger partial charge in [0.05, 0.1) is 15.5 Å². The number of hydrogen-bond acceptors (Lipinski definition) is 8. The van der Waals surface area contributed by atoms with Gasteiger partial charge in [-0.3, -0.25) is 10.7 Å². The first-order chi connectivity index (χ1) is 18.3. The van der Waals surface area contributed by atoms with E-state index in [0.717, 1.165) is 51.4 Å². The Morgan fingerprint density at radius 1 is 0.632 bits per heavy atom. The van der Waals surface area contributed by atoms with Crippen LogP contribution in [-0.2, 0) is 20.0 Å². The number of anilines is 1. The largest absolute Gasteiger partial charge is 0.291 e. The first-order valence-corrected chi connectivity index (χ1v) is 15.9. The average molecular weight is 561 g/mol. The van der Waals surface area contributed by atoms with Gasteiger partial charge in [0.25, 0.3) is 0 Å². The Morgan fingerprint density at radius 3 is 1.53 bits per heavy atom. The van der Waals surface area contributed by atoms with E-state index in [-0.39, 0.29) is 26.6 Å². The lowest BCUT2D eigenvalue weighted by molar-refractivity contribution is 0.390. The molecule has 2 fully saturated rings. The van der Waals surface area contributed by atoms with Crippen LogP contribution in [0.3, 0.4) is 0 Å². The lowest BCUT2D eigenvalue weighted by atomic mass is 9.99. The molecule has 204 valence electrons. The van der Waals surface area contributed by atoms with E-state index in [2.05, 4.69) is 10.7 Å². The smallest absolute Gasteiger partial charge is 0.243 e. The maximum atomic E-state index is 13.4. The quantitative estimate of drug-likeness (QED) is 0.236. The van der Waals surface area contributed by atoms with E-state index < -0.39 is 20.0 Å². The van der Waals surface area contributed by atoms with Crippen LogP contribution in [0.4, 0.5) is 11.4 Å². The summed E-state index contributed by atoms with van der Waals surface area (Å²) in [5.74, 6) is 0. The van der Waals surface area contributed by atoms with E-state index in [0.29, 0.717) is 42.3 Å². The molecule has 0 aromatic heterocycles. The zero-order chi connectivity index (χ0) is 26.9. The van der Waals surface area contributed by atoms with E-state index in [1.807, 2.05) is 0 Å². The Kier molecular flexibility index (Phi) is 7.70. The van der Waals surface area contributed by atoms with Gasteiger partial charge in [0.1, 0.15) is 5.69 Å². The van der Waals surface area contributed by atoms with E-state index in [1.165, 1.54) is 45.0 Å². The summed E-state index contributed by atoms with van der Waals surface area (Å²) >= 11 is 0. The number of benzene rings is 3. The molecule has 2 saturated heterocycles. The van der Waals surface area contributed by atoms with Crippen molar-refractivity contribution in [3.05, 3.63) is 41.3 Å². The zero-order valence-electron chi connectivity index (χ0n) is 21.1. The first-order valence-electron chi connectivity index (χ1n) is 13.1. The predicted molar refractivity (Wildman–Crippen MR) is 147 cm³/mol. The summed E-state index contributed by atoms with van der Waals surface area (Å²) in [6.45, 7) is 1.76. The molecule has 10 nitrogen and oxygen atoms in total. The summed E-state index contributed by atoms with van der Waals surface area (Å²) < 4.78 is 56.6. The van der Waals surface area contributed by atoms with Crippen LogP contribution in [0.5, 0.6) is 0 Å². The van der Waals surface area contributed by atoms with Crippen LogP contribution in [0.25, 0.3) is 21.5 Å². The summed E-state index contributed by atoms with van der Waals surface area (Å²) in [7, 11) is -7.58. The molecular weight excluding hydrogens is 528 g/mol. The number of nitrogens with zero attached hydrogens (tertiary/aromatic N) is 3. The van der Waals surface area contributed by atoms with Crippen molar-refractivity contribution in [3.8, 4) is 0 Å². The molecule has 3 aromatic rings. The van der Waals surface area contributed by atoms with Gasteiger partial charge >= 0.3 is 0 Å². The number of fused-ring (bicyclic) bond motifs is 2. The lowest BCUT2D eigenvalue weighted by Crippen LogP contribution is -2.32. The highest BCUT2D eigenvalue weighted by Gasteiger charge is 2.28. The third-order valence-electron chi connectivity index (χ3n) is 7.64. The predicted octanol–water partition coefficient (Wildman–Crippen LogP) is 5.32. The standard InChI is InChI=1S/C26H32N4O6S2/c31-27-25-22-12-10-20(38(35,36)30-15-7-3-4-8-16-30)18-24(22)26(28-32)21-11-9-19(17-23(21)25)37(33,34)29-13-5-1-2-6-14-29/h9-12,17-18,27,31H,1-8,13-16H2. The Hall–Kier alpha value is -2.64. The summed E-state index contributed by atoms with van der Waals surface area (Å²) in [4.78, 5) is 12.2. The number of nitroso groups, excluding NO2 is 1. The van der Waals surface area contributed by atoms with Crippen molar-refractivity contribution in [2.75, 3.05) is 31.7 Å². The van der Waals surface area contributed by atoms with Crippen molar-refractivity contribution >= 4 is 53.0 Å². The van der Waals surface area contributed by atoms with Crippen LogP contribution >= 0.6 is 0 Å². The monoisotopic (exact) mass is 560 g/mol. The Morgan fingerprint density at radius 2 is 1.08 bits per heavy atom. The van der Waals surface area contributed by atoms with Gasteiger partial charge in [0, 0.05) is 47.7 Å². The summed E-state index contributed by atoms with van der Waals surface area (Å²) in [6, 6.07) is 8.73. The molecule has 0 bridgehead atoms. The van der Waals surface area contributed by atoms with Crippen LogP contribution in [0.2, 0.25) is 0 Å². The van der Waals surface area contributed by atoms with Gasteiger partial charge in [-0.1, -0.05) is 37.8 Å². The molecule has 2 aliphatic rings. The Bertz CT molecular complexity index is 1570. The summed E-state index contributed by atoms with van der Waals surface area (Å²) in [5, 5.41) is 14.5. The molecule has 2 N–H and O–H groups in total. The van der Waals surface area contributed by atoms with Crippen LogP contribution in [0, 0.1) is 4.91 Å². The minimum atomic E-state index is -3.79. The highest BCUT2D eigenvalue weighted by molar-refractivity contribution is 7.89. The van der Waals surface area contributed by atoms with Crippen molar-refractivity contribution in [1.29, 1.82) is 0 Å². The maximum Gasteiger partial charge on any atom is 0.243 e. The second-order valence-corrected chi connectivity index (χ2v) is 13.9. The van der Waals surface area contributed by atoms with Gasteiger partial charge < -0.3 is 0 Å². The second-order valence-electron chi connectivity index (χ2n) is 9.98. The zero-order valence-corrected chi connectivity index (χ0v) is 22.7. The topological polar surface area (TPSA) is 136 Å². The van der Waals surface area contributed by atoms with Crippen molar-refractivity contribution in [2.24, 2.45) is 5.18 Å². The molecule has 2 heterocycles. The molecule has 0 unspecified atom stereocenters. The third-order valence-corrected chi connectivity index (χ3v) is 11.4.